The maximum atomic E-state index is 12.4. The van der Waals surface area contributed by atoms with Crippen molar-refractivity contribution in [3.8, 4) is 0 Å². The predicted octanol–water partition coefficient (Wildman–Crippen LogP) is 2.13. The van der Waals surface area contributed by atoms with Gasteiger partial charge in [-0.2, -0.15) is 4.99 Å². The van der Waals surface area contributed by atoms with Crippen molar-refractivity contribution in [1.29, 1.82) is 0 Å². The van der Waals surface area contributed by atoms with E-state index in [2.05, 4.69) is 35.1 Å². The van der Waals surface area contributed by atoms with E-state index in [1.54, 1.807) is 31.1 Å². The lowest BCUT2D eigenvalue weighted by Crippen LogP contribution is -2.20. The monoisotopic (exact) mass is 330 g/mol. The molecule has 0 unspecified atom stereocenters. The van der Waals surface area contributed by atoms with Crippen LogP contribution in [0.4, 0.5) is 0 Å². The maximum Gasteiger partial charge on any atom is 0.315 e. The Morgan fingerprint density at radius 2 is 2.26 bits per heavy atom. The summed E-state index contributed by atoms with van der Waals surface area (Å²) in [5.74, 6) is -0.0103. The van der Waals surface area contributed by atoms with Gasteiger partial charge < -0.3 is 13.9 Å². The van der Waals surface area contributed by atoms with E-state index in [-0.39, 0.29) is 5.91 Å². The lowest BCUT2D eigenvalue weighted by atomic mass is 10.2. The second-order valence-corrected chi connectivity index (χ2v) is 6.29. The number of amides is 1. The molecule has 7 heteroatoms. The Labute approximate surface area is 137 Å². The molecule has 0 aliphatic carbocycles. The highest BCUT2D eigenvalue weighted by Gasteiger charge is 2.12. The zero-order valence-corrected chi connectivity index (χ0v) is 14.1. The molecule has 0 aliphatic heterocycles. The van der Waals surface area contributed by atoms with E-state index in [4.69, 9.17) is 4.74 Å². The van der Waals surface area contributed by atoms with Crippen molar-refractivity contribution in [1.82, 2.24) is 14.1 Å². The van der Waals surface area contributed by atoms with Crippen molar-refractivity contribution in [3.63, 3.8) is 0 Å². The van der Waals surface area contributed by atoms with Crippen LogP contribution in [0, 0.1) is 6.92 Å². The quantitative estimate of drug-likeness (QED) is 0.736. The zero-order valence-electron chi connectivity index (χ0n) is 13.3. The highest BCUT2D eigenvalue weighted by Crippen LogP contribution is 2.19. The molecule has 2 heterocycles. The normalized spacial score (nSPS) is 12.2. The van der Waals surface area contributed by atoms with Gasteiger partial charge in [-0.15, -0.1) is 0 Å². The van der Waals surface area contributed by atoms with E-state index in [1.165, 1.54) is 16.9 Å². The molecule has 6 nitrogen and oxygen atoms in total. The predicted molar refractivity (Wildman–Crippen MR) is 89.5 cm³/mol. The summed E-state index contributed by atoms with van der Waals surface area (Å²) in [6.07, 6.45) is 3.33. The fraction of sp³-hybridized carbons (Fsp3) is 0.312. The van der Waals surface area contributed by atoms with Gasteiger partial charge in [-0.3, -0.25) is 4.79 Å². The van der Waals surface area contributed by atoms with Gasteiger partial charge in [-0.1, -0.05) is 17.4 Å². The molecule has 3 aromatic rings. The second kappa shape index (κ2) is 6.47. The number of thiazole rings is 1. The zero-order chi connectivity index (χ0) is 16.4. The number of imidazole rings is 1. The van der Waals surface area contributed by atoms with Crippen molar-refractivity contribution < 1.29 is 9.53 Å². The third-order valence-electron chi connectivity index (χ3n) is 3.57. The second-order valence-electron chi connectivity index (χ2n) is 5.28. The average Bonchev–Trinajstić information content (AvgIpc) is 3.08. The topological polar surface area (TPSA) is 61.4 Å². The van der Waals surface area contributed by atoms with Crippen LogP contribution < -0.4 is 4.80 Å². The van der Waals surface area contributed by atoms with Crippen LogP contribution >= 0.6 is 11.3 Å². The minimum Gasteiger partial charge on any atom is -0.383 e. The average molecular weight is 330 g/mol. The van der Waals surface area contributed by atoms with Crippen LogP contribution in [0.2, 0.25) is 0 Å². The highest BCUT2D eigenvalue weighted by atomic mass is 32.1. The van der Waals surface area contributed by atoms with Gasteiger partial charge in [0.1, 0.15) is 0 Å². The van der Waals surface area contributed by atoms with Crippen molar-refractivity contribution >= 4 is 27.5 Å². The molecule has 120 valence electrons. The van der Waals surface area contributed by atoms with Crippen LogP contribution in [-0.4, -0.2) is 33.7 Å². The number of aryl methyl sites for hydroxylation is 2. The molecule has 0 saturated heterocycles. The molecule has 0 atom stereocenters. The summed E-state index contributed by atoms with van der Waals surface area (Å²) >= 11 is 1.50. The number of carbonyl (C=O) groups is 1. The van der Waals surface area contributed by atoms with Crippen LogP contribution in [-0.2, 0) is 18.3 Å². The molecule has 23 heavy (non-hydrogen) atoms. The number of hydrogen-bond donors (Lipinski definition) is 0. The van der Waals surface area contributed by atoms with Gasteiger partial charge in [0.05, 0.1) is 16.8 Å². The smallest absolute Gasteiger partial charge is 0.315 e. The van der Waals surface area contributed by atoms with Gasteiger partial charge in [0.2, 0.25) is 5.82 Å². The van der Waals surface area contributed by atoms with Crippen molar-refractivity contribution in [2.45, 2.75) is 13.5 Å². The van der Waals surface area contributed by atoms with Gasteiger partial charge in [0.25, 0.3) is 0 Å². The van der Waals surface area contributed by atoms with Gasteiger partial charge in [-0.25, -0.2) is 4.98 Å². The molecule has 0 N–H and O–H groups in total. The Hall–Kier alpha value is -2.25. The van der Waals surface area contributed by atoms with Crippen molar-refractivity contribution in [2.24, 2.45) is 12.0 Å². The Balaban J connectivity index is 2.13. The molecule has 1 amide bonds. The van der Waals surface area contributed by atoms with Crippen LogP contribution in [0.3, 0.4) is 0 Å². The molecular formula is C16H18N4O2S. The van der Waals surface area contributed by atoms with Crippen LogP contribution in [0.5, 0.6) is 0 Å². The number of hydrogen-bond acceptors (Lipinski definition) is 4. The summed E-state index contributed by atoms with van der Waals surface area (Å²) in [7, 11) is 3.44. The first-order chi connectivity index (χ1) is 11.1. The Kier molecular flexibility index (Phi) is 4.40. The van der Waals surface area contributed by atoms with E-state index >= 15 is 0 Å². The lowest BCUT2D eigenvalue weighted by molar-refractivity contribution is 0.0984. The van der Waals surface area contributed by atoms with Crippen LogP contribution in [0.1, 0.15) is 16.2 Å². The number of fused-ring (bicyclic) bond motifs is 1. The SMILES string of the molecule is COCCn1c(=NC(=O)c2nccn2C)sc2cc(C)ccc21. The molecule has 0 aliphatic rings. The molecule has 3 rings (SSSR count). The van der Waals surface area contributed by atoms with E-state index < -0.39 is 0 Å². The summed E-state index contributed by atoms with van der Waals surface area (Å²) in [6, 6.07) is 6.22. The van der Waals surface area contributed by atoms with E-state index in [1.807, 2.05) is 4.57 Å². The first-order valence-corrected chi connectivity index (χ1v) is 8.07. The largest absolute Gasteiger partial charge is 0.383 e. The fourth-order valence-electron chi connectivity index (χ4n) is 2.37. The minimum atomic E-state index is -0.341. The Morgan fingerprint density at radius 3 is 2.96 bits per heavy atom. The number of aromatic nitrogens is 3. The lowest BCUT2D eigenvalue weighted by Gasteiger charge is -2.04. The van der Waals surface area contributed by atoms with Gasteiger partial charge >= 0.3 is 5.91 Å². The van der Waals surface area contributed by atoms with E-state index in [0.29, 0.717) is 23.8 Å². The molecular weight excluding hydrogens is 312 g/mol. The summed E-state index contributed by atoms with van der Waals surface area (Å²) in [5.41, 5.74) is 2.24. The first kappa shape index (κ1) is 15.6. The molecule has 0 bridgehead atoms. The Bertz CT molecular complexity index is 920. The fourth-order valence-corrected chi connectivity index (χ4v) is 3.53. The maximum absolute atomic E-state index is 12.4. The number of carbonyl (C=O) groups excluding carboxylic acids is 1. The third kappa shape index (κ3) is 3.11. The number of ether oxygens (including phenoxy) is 1. The third-order valence-corrected chi connectivity index (χ3v) is 4.61. The van der Waals surface area contributed by atoms with Gasteiger partial charge in [0, 0.05) is 33.1 Å². The van der Waals surface area contributed by atoms with Crippen molar-refractivity contribution in [3.05, 3.63) is 46.8 Å². The number of benzene rings is 1. The van der Waals surface area contributed by atoms with Crippen LogP contribution in [0.15, 0.2) is 35.6 Å². The number of nitrogens with zero attached hydrogens (tertiary/aromatic N) is 4. The summed E-state index contributed by atoms with van der Waals surface area (Å²) < 4.78 is 9.97. The van der Waals surface area contributed by atoms with Crippen molar-refractivity contribution in [2.75, 3.05) is 13.7 Å². The summed E-state index contributed by atoms with van der Waals surface area (Å²) in [5, 5.41) is 0. The first-order valence-electron chi connectivity index (χ1n) is 7.25. The molecule has 0 saturated carbocycles. The van der Waals surface area contributed by atoms with E-state index in [9.17, 15) is 4.79 Å². The summed E-state index contributed by atoms with van der Waals surface area (Å²) in [4.78, 5) is 21.4. The Morgan fingerprint density at radius 1 is 1.43 bits per heavy atom. The molecule has 0 radical (unpaired) electrons. The molecule has 0 fully saturated rings. The minimum absolute atomic E-state index is 0.330. The van der Waals surface area contributed by atoms with Crippen LogP contribution in [0.25, 0.3) is 10.2 Å². The number of rotatable bonds is 4. The van der Waals surface area contributed by atoms with Gasteiger partial charge in [0.15, 0.2) is 4.80 Å². The molecule has 1 aromatic carbocycles. The number of methoxy groups -OCH3 is 1. The molecule has 2 aromatic heterocycles. The van der Waals surface area contributed by atoms with Gasteiger partial charge in [-0.05, 0) is 24.6 Å². The molecule has 0 spiro atoms. The summed E-state index contributed by atoms with van der Waals surface area (Å²) in [6.45, 7) is 3.25. The highest BCUT2D eigenvalue weighted by molar-refractivity contribution is 7.16. The van der Waals surface area contributed by atoms with E-state index in [0.717, 1.165) is 10.2 Å². The standard InChI is InChI=1S/C16H18N4O2S/c1-11-4-5-12-13(10-11)23-16(20(12)8-9-22-3)18-15(21)14-17-6-7-19(14)2/h4-7,10H,8-9H2,1-3H3.